The van der Waals surface area contributed by atoms with E-state index < -0.39 is 0 Å². The van der Waals surface area contributed by atoms with Gasteiger partial charge in [0.2, 0.25) is 0 Å². The van der Waals surface area contributed by atoms with Crippen LogP contribution in [-0.4, -0.2) is 22.0 Å². The van der Waals surface area contributed by atoms with Gasteiger partial charge in [-0.25, -0.2) is 4.98 Å². The van der Waals surface area contributed by atoms with Crippen molar-refractivity contribution in [3.8, 4) is 17.2 Å². The highest BCUT2D eigenvalue weighted by Crippen LogP contribution is 2.24. The molecule has 0 fully saturated rings. The Morgan fingerprint density at radius 3 is 2.24 bits per heavy atom. The van der Waals surface area contributed by atoms with Gasteiger partial charge in [0.05, 0.1) is 11.0 Å². The maximum absolute atomic E-state index is 12.6. The van der Waals surface area contributed by atoms with Crippen LogP contribution in [0, 0.1) is 0 Å². The van der Waals surface area contributed by atoms with E-state index in [-0.39, 0.29) is 5.91 Å². The van der Waals surface area contributed by atoms with Crippen molar-refractivity contribution in [1.29, 1.82) is 0 Å². The number of amides is 1. The average Bonchev–Trinajstić information content (AvgIpc) is 3.30. The molecule has 0 radical (unpaired) electrons. The molecule has 6 heteroatoms. The highest BCUT2D eigenvalue weighted by Gasteiger charge is 2.15. The Hall–Kier alpha value is -4.58. The van der Waals surface area contributed by atoms with Gasteiger partial charge in [-0.1, -0.05) is 61.9 Å². The van der Waals surface area contributed by atoms with Crippen LogP contribution in [0.25, 0.3) is 11.0 Å². The lowest BCUT2D eigenvalue weighted by atomic mass is 10.1. The fourth-order valence-electron chi connectivity index (χ4n) is 4.22. The molecule has 0 aliphatic heterocycles. The Morgan fingerprint density at radius 2 is 1.53 bits per heavy atom. The van der Waals surface area contributed by atoms with Gasteiger partial charge >= 0.3 is 0 Å². The van der Waals surface area contributed by atoms with Crippen molar-refractivity contribution in [2.24, 2.45) is 0 Å². The van der Waals surface area contributed by atoms with E-state index in [0.717, 1.165) is 52.5 Å². The van der Waals surface area contributed by atoms with Gasteiger partial charge in [-0.3, -0.25) is 4.79 Å². The van der Waals surface area contributed by atoms with Crippen molar-refractivity contribution in [2.45, 2.75) is 32.9 Å². The smallest absolute Gasteiger partial charge is 0.251 e. The van der Waals surface area contributed by atoms with Crippen molar-refractivity contribution in [1.82, 2.24) is 14.9 Å². The first-order valence-electron chi connectivity index (χ1n) is 13.0. The molecular weight excluding hydrogens is 474 g/mol. The predicted octanol–water partition coefficient (Wildman–Crippen LogP) is 6.99. The number of rotatable bonds is 11. The molecule has 0 saturated heterocycles. The first kappa shape index (κ1) is 25.1. The highest BCUT2D eigenvalue weighted by atomic mass is 16.5. The molecule has 0 bridgehead atoms. The SMILES string of the molecule is CCCCNC(=O)c1ccc2c(c1)nc(COc1ccccc1)n2Cc1ccc(Oc2ccccc2)cc1. The number of carbonyl (C=O) groups excluding carboxylic acids is 1. The van der Waals surface area contributed by atoms with Gasteiger partial charge in [-0.05, 0) is 66.6 Å². The number of carbonyl (C=O) groups is 1. The largest absolute Gasteiger partial charge is 0.486 e. The number of benzene rings is 4. The van der Waals surface area contributed by atoms with Crippen molar-refractivity contribution in [3.05, 3.63) is 120 Å². The summed E-state index contributed by atoms with van der Waals surface area (Å²) in [5, 5.41) is 2.99. The Bertz CT molecular complexity index is 1480. The minimum absolute atomic E-state index is 0.0778. The van der Waals surface area contributed by atoms with E-state index in [2.05, 4.69) is 28.9 Å². The number of unbranched alkanes of at least 4 members (excludes halogenated alkanes) is 1. The van der Waals surface area contributed by atoms with E-state index >= 15 is 0 Å². The van der Waals surface area contributed by atoms with E-state index in [0.29, 0.717) is 25.3 Å². The normalized spacial score (nSPS) is 10.9. The number of ether oxygens (including phenoxy) is 2. The summed E-state index contributed by atoms with van der Waals surface area (Å²) in [5.74, 6) is 3.07. The van der Waals surface area contributed by atoms with Crippen LogP contribution in [-0.2, 0) is 13.2 Å². The third kappa shape index (κ3) is 6.21. The minimum Gasteiger partial charge on any atom is -0.486 e. The molecule has 38 heavy (non-hydrogen) atoms. The molecule has 0 aliphatic rings. The average molecular weight is 506 g/mol. The molecule has 5 aromatic rings. The second kappa shape index (κ2) is 12.1. The van der Waals surface area contributed by atoms with E-state index in [1.54, 1.807) is 0 Å². The number of fused-ring (bicyclic) bond motifs is 1. The number of aromatic nitrogens is 2. The molecule has 1 heterocycles. The summed E-state index contributed by atoms with van der Waals surface area (Å²) < 4.78 is 14.1. The third-order valence-corrected chi connectivity index (χ3v) is 6.26. The van der Waals surface area contributed by atoms with E-state index in [1.165, 1.54) is 0 Å². The molecule has 5 rings (SSSR count). The molecular formula is C32H31N3O3. The van der Waals surface area contributed by atoms with E-state index in [9.17, 15) is 4.79 Å². The molecule has 0 saturated carbocycles. The second-order valence-corrected chi connectivity index (χ2v) is 9.09. The molecule has 4 aromatic carbocycles. The van der Waals surface area contributed by atoms with Crippen molar-refractivity contribution in [3.63, 3.8) is 0 Å². The lowest BCUT2D eigenvalue weighted by molar-refractivity contribution is 0.0953. The molecule has 0 unspecified atom stereocenters. The molecule has 1 N–H and O–H groups in total. The third-order valence-electron chi connectivity index (χ3n) is 6.26. The van der Waals surface area contributed by atoms with Crippen LogP contribution >= 0.6 is 0 Å². The Kier molecular flexibility index (Phi) is 7.99. The maximum Gasteiger partial charge on any atom is 0.251 e. The van der Waals surface area contributed by atoms with Gasteiger partial charge in [0.15, 0.2) is 0 Å². The van der Waals surface area contributed by atoms with Crippen molar-refractivity contribution >= 4 is 16.9 Å². The van der Waals surface area contributed by atoms with Gasteiger partial charge in [0.1, 0.15) is 29.7 Å². The Balaban J connectivity index is 1.40. The first-order chi connectivity index (χ1) is 18.7. The van der Waals surface area contributed by atoms with Gasteiger partial charge in [0.25, 0.3) is 5.91 Å². The van der Waals surface area contributed by atoms with Crippen LogP contribution in [0.4, 0.5) is 0 Å². The standard InChI is InChI=1S/C32H31N3O3/c1-2-3-20-33-32(36)25-16-19-30-29(21-25)34-31(23-37-26-10-6-4-7-11-26)35(30)22-24-14-17-28(18-15-24)38-27-12-8-5-9-13-27/h4-19,21H,2-3,20,22-23H2,1H3,(H,33,36). The summed E-state index contributed by atoms with van der Waals surface area (Å²) in [4.78, 5) is 17.5. The molecule has 0 spiro atoms. The van der Waals surface area contributed by atoms with E-state index in [1.807, 2.05) is 91.0 Å². The lowest BCUT2D eigenvalue weighted by Gasteiger charge is -2.12. The van der Waals surface area contributed by atoms with Crippen molar-refractivity contribution < 1.29 is 14.3 Å². The lowest BCUT2D eigenvalue weighted by Crippen LogP contribution is -2.24. The summed E-state index contributed by atoms with van der Waals surface area (Å²) in [6, 6.07) is 33.2. The monoisotopic (exact) mass is 505 g/mol. The number of nitrogens with zero attached hydrogens (tertiary/aromatic N) is 2. The molecule has 0 atom stereocenters. The molecule has 1 aromatic heterocycles. The first-order valence-corrected chi connectivity index (χ1v) is 13.0. The minimum atomic E-state index is -0.0778. The molecule has 6 nitrogen and oxygen atoms in total. The number of hydrogen-bond donors (Lipinski definition) is 1. The second-order valence-electron chi connectivity index (χ2n) is 9.09. The van der Waals surface area contributed by atoms with Crippen LogP contribution < -0.4 is 14.8 Å². The number of para-hydroxylation sites is 2. The summed E-state index contributed by atoms with van der Waals surface area (Å²) >= 11 is 0. The number of hydrogen-bond acceptors (Lipinski definition) is 4. The summed E-state index contributed by atoms with van der Waals surface area (Å²) in [5.41, 5.74) is 3.43. The van der Waals surface area contributed by atoms with Gasteiger partial charge in [-0.15, -0.1) is 0 Å². The van der Waals surface area contributed by atoms with Gasteiger partial charge in [0, 0.05) is 18.7 Å². The summed E-state index contributed by atoms with van der Waals surface area (Å²) in [6.45, 7) is 3.69. The Morgan fingerprint density at radius 1 is 0.842 bits per heavy atom. The van der Waals surface area contributed by atoms with Crippen LogP contribution in [0.1, 0.15) is 41.5 Å². The zero-order valence-electron chi connectivity index (χ0n) is 21.5. The van der Waals surface area contributed by atoms with E-state index in [4.69, 9.17) is 14.5 Å². The molecule has 1 amide bonds. The van der Waals surface area contributed by atoms with Gasteiger partial charge in [-0.2, -0.15) is 0 Å². The van der Waals surface area contributed by atoms with Crippen LogP contribution in [0.2, 0.25) is 0 Å². The number of nitrogens with one attached hydrogen (secondary N) is 1. The topological polar surface area (TPSA) is 65.4 Å². The molecule has 0 aliphatic carbocycles. The number of imidazole rings is 1. The van der Waals surface area contributed by atoms with Crippen LogP contribution in [0.3, 0.4) is 0 Å². The quantitative estimate of drug-likeness (QED) is 0.197. The zero-order chi connectivity index (χ0) is 26.2. The Labute approximate surface area is 222 Å². The van der Waals surface area contributed by atoms with Gasteiger partial charge < -0.3 is 19.4 Å². The van der Waals surface area contributed by atoms with Crippen LogP contribution in [0.5, 0.6) is 17.2 Å². The fraction of sp³-hybridized carbons (Fsp3) is 0.188. The summed E-state index contributed by atoms with van der Waals surface area (Å²) in [6.07, 6.45) is 1.99. The summed E-state index contributed by atoms with van der Waals surface area (Å²) in [7, 11) is 0. The zero-order valence-corrected chi connectivity index (χ0v) is 21.5. The maximum atomic E-state index is 12.6. The van der Waals surface area contributed by atoms with Crippen LogP contribution in [0.15, 0.2) is 103 Å². The van der Waals surface area contributed by atoms with Crippen molar-refractivity contribution in [2.75, 3.05) is 6.54 Å². The predicted molar refractivity (Wildman–Crippen MR) is 150 cm³/mol. The fourth-order valence-corrected chi connectivity index (χ4v) is 4.22. The highest BCUT2D eigenvalue weighted by molar-refractivity contribution is 5.97. The molecule has 192 valence electrons.